The average molecular weight is 374 g/mol. The van der Waals surface area contributed by atoms with Crippen LogP contribution in [0.4, 0.5) is 4.39 Å². The Balaban J connectivity index is 1.86. The Morgan fingerprint density at radius 2 is 2.15 bits per heavy atom. The van der Waals surface area contributed by atoms with Crippen LogP contribution in [0, 0.1) is 11.2 Å². The first-order valence-electron chi connectivity index (χ1n) is 7.44. The van der Waals surface area contributed by atoms with Gasteiger partial charge in [-0.05, 0) is 12.1 Å². The Labute approximate surface area is 152 Å². The van der Waals surface area contributed by atoms with Crippen molar-refractivity contribution in [2.75, 3.05) is 0 Å². The molecule has 0 spiro atoms. The van der Waals surface area contributed by atoms with Gasteiger partial charge in [0.05, 0.1) is 11.9 Å². The number of benzene rings is 1. The lowest BCUT2D eigenvalue weighted by molar-refractivity contribution is 0.417. The molecule has 0 radical (unpaired) electrons. The van der Waals surface area contributed by atoms with Crippen molar-refractivity contribution in [3.05, 3.63) is 76.8 Å². The minimum Gasteiger partial charge on any atom is -0.492 e. The van der Waals surface area contributed by atoms with Gasteiger partial charge in [0.2, 0.25) is 5.88 Å². The molecular formula is C17H13ClFN5O2. The maximum absolute atomic E-state index is 13.8. The molecule has 3 N–H and O–H groups in total. The molecule has 0 unspecified atom stereocenters. The zero-order chi connectivity index (χ0) is 18.5. The lowest BCUT2D eigenvalue weighted by Crippen LogP contribution is -2.15. The zero-order valence-electron chi connectivity index (χ0n) is 13.3. The van der Waals surface area contributed by atoms with E-state index < -0.39 is 5.88 Å². The van der Waals surface area contributed by atoms with Gasteiger partial charge in [-0.3, -0.25) is 5.41 Å². The fraction of sp³-hybridized carbons (Fsp3) is 0.0588. The first-order chi connectivity index (χ1) is 12.5. The highest BCUT2D eigenvalue weighted by molar-refractivity contribution is 6.31. The van der Waals surface area contributed by atoms with Gasteiger partial charge in [-0.25, -0.2) is 9.37 Å². The number of nitrogens with one attached hydrogen (secondary N) is 2. The van der Waals surface area contributed by atoms with Gasteiger partial charge in [-0.15, -0.1) is 0 Å². The van der Waals surface area contributed by atoms with Crippen LogP contribution in [-0.2, 0) is 6.54 Å². The Morgan fingerprint density at radius 3 is 2.85 bits per heavy atom. The molecule has 9 heteroatoms. The lowest BCUT2D eigenvalue weighted by Gasteiger charge is -2.10. The van der Waals surface area contributed by atoms with Crippen LogP contribution in [0.25, 0.3) is 5.70 Å². The van der Waals surface area contributed by atoms with Crippen LogP contribution in [0.15, 0.2) is 53.4 Å². The molecule has 132 valence electrons. The van der Waals surface area contributed by atoms with Crippen molar-refractivity contribution < 1.29 is 14.0 Å². The third kappa shape index (κ3) is 4.04. The molecule has 3 aromatic rings. The average Bonchev–Trinajstić information content (AvgIpc) is 3.16. The molecule has 2 aromatic heterocycles. The fourth-order valence-electron chi connectivity index (χ4n) is 2.10. The molecule has 0 aliphatic carbocycles. The summed E-state index contributed by atoms with van der Waals surface area (Å²) in [7, 11) is 0. The number of aromatic nitrogens is 3. The van der Waals surface area contributed by atoms with E-state index in [1.54, 1.807) is 24.3 Å². The number of allylic oxidation sites excluding steroid dienone is 1. The van der Waals surface area contributed by atoms with E-state index in [4.69, 9.17) is 21.5 Å². The van der Waals surface area contributed by atoms with Crippen molar-refractivity contribution in [3.63, 3.8) is 0 Å². The zero-order valence-corrected chi connectivity index (χ0v) is 14.0. The Hall–Kier alpha value is -3.26. The van der Waals surface area contributed by atoms with Gasteiger partial charge in [0.1, 0.15) is 28.5 Å². The van der Waals surface area contributed by atoms with Crippen LogP contribution in [-0.4, -0.2) is 25.9 Å². The van der Waals surface area contributed by atoms with Crippen LogP contribution in [0.1, 0.15) is 17.1 Å². The van der Waals surface area contributed by atoms with E-state index in [9.17, 15) is 9.50 Å². The maximum Gasteiger partial charge on any atom is 0.233 e. The van der Waals surface area contributed by atoms with Crippen molar-refractivity contribution in [1.29, 1.82) is 5.41 Å². The summed E-state index contributed by atoms with van der Waals surface area (Å²) < 4.78 is 18.6. The second kappa shape index (κ2) is 7.75. The predicted octanol–water partition coefficient (Wildman–Crippen LogP) is 3.16. The summed E-state index contributed by atoms with van der Waals surface area (Å²) in [5.74, 6) is -0.793. The minimum atomic E-state index is -0.419. The molecule has 2 heterocycles. The molecule has 0 bridgehead atoms. The van der Waals surface area contributed by atoms with E-state index in [-0.39, 0.29) is 28.9 Å². The van der Waals surface area contributed by atoms with E-state index in [2.05, 4.69) is 20.4 Å². The molecule has 0 fully saturated rings. The Morgan fingerprint density at radius 1 is 1.35 bits per heavy atom. The Bertz CT molecular complexity index is 960. The number of halogens is 2. The lowest BCUT2D eigenvalue weighted by atomic mass is 10.2. The van der Waals surface area contributed by atoms with Gasteiger partial charge in [0.25, 0.3) is 0 Å². The van der Waals surface area contributed by atoms with Crippen LogP contribution < -0.4 is 5.32 Å². The molecule has 0 saturated carbocycles. The van der Waals surface area contributed by atoms with E-state index in [0.717, 1.165) is 0 Å². The minimum absolute atomic E-state index is 0.0140. The maximum atomic E-state index is 13.8. The van der Waals surface area contributed by atoms with Crippen molar-refractivity contribution in [3.8, 4) is 5.88 Å². The smallest absolute Gasteiger partial charge is 0.233 e. The molecule has 0 saturated heterocycles. The summed E-state index contributed by atoms with van der Waals surface area (Å²) in [6, 6.07) is 7.93. The monoisotopic (exact) mass is 373 g/mol. The normalized spacial score (nSPS) is 11.4. The molecule has 0 atom stereocenters. The standard InChI is InChI=1S/C17H13ClFN5O2/c18-11-9-22-16(23-17(11)25)13(20)7-15(14-5-6-26-24-14)21-8-10-3-1-2-4-12(10)19/h1-7,9,20-21H,8H2,(H,22,23,25)/b15-7-,20-13?. The summed E-state index contributed by atoms with van der Waals surface area (Å²) in [5.41, 5.74) is 1.18. The Kier molecular flexibility index (Phi) is 5.23. The summed E-state index contributed by atoms with van der Waals surface area (Å²) >= 11 is 5.67. The second-order valence-corrected chi connectivity index (χ2v) is 5.57. The van der Waals surface area contributed by atoms with Gasteiger partial charge in [0.15, 0.2) is 5.82 Å². The van der Waals surface area contributed by atoms with Gasteiger partial charge < -0.3 is 14.9 Å². The van der Waals surface area contributed by atoms with Crippen LogP contribution >= 0.6 is 11.6 Å². The molecule has 1 aromatic carbocycles. The molecule has 26 heavy (non-hydrogen) atoms. The molecular weight excluding hydrogens is 361 g/mol. The van der Waals surface area contributed by atoms with E-state index >= 15 is 0 Å². The first-order valence-corrected chi connectivity index (χ1v) is 7.82. The number of nitrogens with zero attached hydrogens (tertiary/aromatic N) is 3. The summed E-state index contributed by atoms with van der Waals surface area (Å²) in [5, 5.41) is 24.5. The van der Waals surface area contributed by atoms with Crippen molar-refractivity contribution in [2.45, 2.75) is 6.54 Å². The van der Waals surface area contributed by atoms with Gasteiger partial charge in [-0.1, -0.05) is 35.0 Å². The first kappa shape index (κ1) is 17.6. The molecule has 3 rings (SSSR count). The summed E-state index contributed by atoms with van der Waals surface area (Å²) in [6.07, 6.45) is 3.98. The number of hydrogen-bond donors (Lipinski definition) is 3. The van der Waals surface area contributed by atoms with E-state index in [1.807, 2.05) is 0 Å². The van der Waals surface area contributed by atoms with Crippen molar-refractivity contribution >= 4 is 23.0 Å². The third-order valence-corrected chi connectivity index (χ3v) is 3.66. The van der Waals surface area contributed by atoms with Crippen molar-refractivity contribution in [2.24, 2.45) is 0 Å². The molecule has 0 amide bonds. The molecule has 0 aliphatic heterocycles. The topological polar surface area (TPSA) is 108 Å². The molecule has 7 nitrogen and oxygen atoms in total. The van der Waals surface area contributed by atoms with Gasteiger partial charge in [0, 0.05) is 18.2 Å². The summed E-state index contributed by atoms with van der Waals surface area (Å²) in [6.45, 7) is 0.172. The van der Waals surface area contributed by atoms with Gasteiger partial charge in [-0.2, -0.15) is 4.98 Å². The highest BCUT2D eigenvalue weighted by Gasteiger charge is 2.12. The number of aromatic hydroxyl groups is 1. The van der Waals surface area contributed by atoms with Gasteiger partial charge >= 0.3 is 0 Å². The largest absolute Gasteiger partial charge is 0.492 e. The van der Waals surface area contributed by atoms with Crippen molar-refractivity contribution in [1.82, 2.24) is 20.4 Å². The number of rotatable bonds is 6. The van der Waals surface area contributed by atoms with Crippen LogP contribution in [0.5, 0.6) is 5.88 Å². The quantitative estimate of drug-likeness (QED) is 0.573. The highest BCUT2D eigenvalue weighted by atomic mass is 35.5. The van der Waals surface area contributed by atoms with Crippen LogP contribution in [0.2, 0.25) is 5.02 Å². The van der Waals surface area contributed by atoms with Crippen LogP contribution in [0.3, 0.4) is 0 Å². The fourth-order valence-corrected chi connectivity index (χ4v) is 2.19. The predicted molar refractivity (Wildman–Crippen MR) is 93.3 cm³/mol. The SMILES string of the molecule is N=C(/C=C(\NCc1ccccc1F)c1ccon1)c1ncc(Cl)c(O)n1. The number of hydrogen-bond acceptors (Lipinski definition) is 7. The summed E-state index contributed by atoms with van der Waals surface area (Å²) in [4.78, 5) is 7.65. The van der Waals surface area contributed by atoms with E-state index in [1.165, 1.54) is 24.6 Å². The molecule has 0 aliphatic rings. The van der Waals surface area contributed by atoms with E-state index in [0.29, 0.717) is 17.0 Å². The highest BCUT2D eigenvalue weighted by Crippen LogP contribution is 2.19. The third-order valence-electron chi connectivity index (χ3n) is 3.40. The second-order valence-electron chi connectivity index (χ2n) is 5.17.